The van der Waals surface area contributed by atoms with Crippen molar-refractivity contribution in [3.63, 3.8) is 0 Å². The average Bonchev–Trinajstić information content (AvgIpc) is 2.47. The molecule has 0 bridgehead atoms. The molecule has 0 saturated heterocycles. The van der Waals surface area contributed by atoms with E-state index in [9.17, 15) is 4.79 Å². The number of carboxylic acids is 1. The smallest absolute Gasteiger partial charge is 0.335 e. The Morgan fingerprint density at radius 1 is 1.14 bits per heavy atom. The molecule has 3 aromatic rings. The molecule has 0 saturated carbocycles. The third-order valence-corrected chi connectivity index (χ3v) is 3.08. The van der Waals surface area contributed by atoms with Crippen LogP contribution in [0.1, 0.15) is 15.9 Å². The van der Waals surface area contributed by atoms with Crippen molar-refractivity contribution in [1.29, 1.82) is 0 Å². The highest BCUT2D eigenvalue weighted by atomic mass is 16.5. The topological polar surface area (TPSA) is 72.3 Å². The third kappa shape index (κ3) is 2.67. The van der Waals surface area contributed by atoms with Crippen LogP contribution in [0.5, 0.6) is 11.6 Å². The first-order valence-corrected chi connectivity index (χ1v) is 6.37. The number of aromatic nitrogens is 2. The fraction of sp³-hybridized carbons (Fsp3) is 0.0625. The normalized spacial score (nSPS) is 10.5. The molecule has 3 rings (SSSR count). The molecular formula is C16H12N2O3. The molecule has 0 unspecified atom stereocenters. The number of para-hydroxylation sites is 2. The Labute approximate surface area is 120 Å². The summed E-state index contributed by atoms with van der Waals surface area (Å²) >= 11 is 0. The highest BCUT2D eigenvalue weighted by Gasteiger charge is 2.09. The standard InChI is InChI=1S/C16H12N2O3/c1-10-8-11(6-7-12(10)16(19)20)21-15-9-17-13-4-2-3-5-14(13)18-15/h2-9H,1H3,(H,19,20). The van der Waals surface area contributed by atoms with Gasteiger partial charge in [-0.05, 0) is 42.8 Å². The summed E-state index contributed by atoms with van der Waals surface area (Å²) in [6, 6.07) is 12.3. The van der Waals surface area contributed by atoms with E-state index in [-0.39, 0.29) is 5.56 Å². The maximum atomic E-state index is 11.0. The van der Waals surface area contributed by atoms with Crippen LogP contribution in [0.4, 0.5) is 0 Å². The Morgan fingerprint density at radius 2 is 1.90 bits per heavy atom. The molecule has 0 amide bonds. The number of carboxylic acid groups (broad SMARTS) is 1. The van der Waals surface area contributed by atoms with E-state index < -0.39 is 5.97 Å². The van der Waals surface area contributed by atoms with Crippen LogP contribution in [0.15, 0.2) is 48.7 Å². The molecule has 1 N–H and O–H groups in total. The first-order valence-electron chi connectivity index (χ1n) is 6.37. The lowest BCUT2D eigenvalue weighted by Gasteiger charge is -2.07. The third-order valence-electron chi connectivity index (χ3n) is 3.08. The van der Waals surface area contributed by atoms with E-state index in [1.807, 2.05) is 24.3 Å². The predicted molar refractivity (Wildman–Crippen MR) is 77.8 cm³/mol. The number of benzene rings is 2. The number of hydrogen-bond acceptors (Lipinski definition) is 4. The van der Waals surface area contributed by atoms with Crippen LogP contribution in [0.2, 0.25) is 0 Å². The summed E-state index contributed by atoms with van der Waals surface area (Å²) < 4.78 is 5.64. The molecule has 0 aliphatic rings. The van der Waals surface area contributed by atoms with Crippen molar-refractivity contribution in [3.8, 4) is 11.6 Å². The zero-order chi connectivity index (χ0) is 14.8. The second kappa shape index (κ2) is 5.20. The highest BCUT2D eigenvalue weighted by Crippen LogP contribution is 2.23. The first kappa shape index (κ1) is 13.1. The molecule has 21 heavy (non-hydrogen) atoms. The summed E-state index contributed by atoms with van der Waals surface area (Å²) in [5.74, 6) is -0.0530. The van der Waals surface area contributed by atoms with Gasteiger partial charge in [-0.15, -0.1) is 0 Å². The lowest BCUT2D eigenvalue weighted by Crippen LogP contribution is -1.99. The Bertz CT molecular complexity index is 831. The van der Waals surface area contributed by atoms with E-state index >= 15 is 0 Å². The molecule has 104 valence electrons. The second-order valence-electron chi connectivity index (χ2n) is 4.58. The number of hydrogen-bond donors (Lipinski definition) is 1. The molecule has 0 atom stereocenters. The Morgan fingerprint density at radius 3 is 2.62 bits per heavy atom. The van der Waals surface area contributed by atoms with Crippen molar-refractivity contribution in [2.75, 3.05) is 0 Å². The molecule has 0 fully saturated rings. The largest absolute Gasteiger partial charge is 0.478 e. The molecule has 0 radical (unpaired) electrons. The van der Waals surface area contributed by atoms with E-state index in [2.05, 4.69) is 9.97 Å². The van der Waals surface area contributed by atoms with Crippen LogP contribution < -0.4 is 4.74 Å². The van der Waals surface area contributed by atoms with Crippen LogP contribution >= 0.6 is 0 Å². The molecule has 2 aromatic carbocycles. The minimum absolute atomic E-state index is 0.256. The van der Waals surface area contributed by atoms with Gasteiger partial charge in [0, 0.05) is 0 Å². The number of carbonyl (C=O) groups is 1. The van der Waals surface area contributed by atoms with Crippen LogP contribution in [-0.4, -0.2) is 21.0 Å². The Balaban J connectivity index is 1.91. The molecule has 1 heterocycles. The van der Waals surface area contributed by atoms with Gasteiger partial charge in [-0.3, -0.25) is 0 Å². The Hall–Kier alpha value is -2.95. The zero-order valence-corrected chi connectivity index (χ0v) is 11.3. The summed E-state index contributed by atoms with van der Waals surface area (Å²) in [5, 5.41) is 9.00. The molecule has 1 aromatic heterocycles. The predicted octanol–water partition coefficient (Wildman–Crippen LogP) is 3.43. The number of aryl methyl sites for hydroxylation is 1. The number of aromatic carboxylic acids is 1. The van der Waals surface area contributed by atoms with E-state index in [0.29, 0.717) is 17.2 Å². The van der Waals surface area contributed by atoms with Gasteiger partial charge in [-0.25, -0.2) is 14.8 Å². The summed E-state index contributed by atoms with van der Waals surface area (Å²) in [6.45, 7) is 1.72. The minimum Gasteiger partial charge on any atom is -0.478 e. The maximum Gasteiger partial charge on any atom is 0.335 e. The van der Waals surface area contributed by atoms with Crippen molar-refractivity contribution in [3.05, 3.63) is 59.8 Å². The monoisotopic (exact) mass is 280 g/mol. The van der Waals surface area contributed by atoms with Crippen molar-refractivity contribution in [2.24, 2.45) is 0 Å². The van der Waals surface area contributed by atoms with Crippen molar-refractivity contribution in [1.82, 2.24) is 9.97 Å². The molecule has 0 aliphatic heterocycles. The summed E-state index contributed by atoms with van der Waals surface area (Å²) in [5.41, 5.74) is 2.43. The fourth-order valence-corrected chi connectivity index (χ4v) is 2.05. The van der Waals surface area contributed by atoms with Crippen LogP contribution in [0.25, 0.3) is 11.0 Å². The quantitative estimate of drug-likeness (QED) is 0.795. The van der Waals surface area contributed by atoms with Crippen molar-refractivity contribution in [2.45, 2.75) is 6.92 Å². The number of nitrogens with zero attached hydrogens (tertiary/aromatic N) is 2. The molecule has 5 heteroatoms. The van der Waals surface area contributed by atoms with Gasteiger partial charge in [0.2, 0.25) is 5.88 Å². The van der Waals surface area contributed by atoms with Gasteiger partial charge in [-0.2, -0.15) is 0 Å². The molecule has 0 aliphatic carbocycles. The van der Waals surface area contributed by atoms with E-state index in [0.717, 1.165) is 11.0 Å². The first-order chi connectivity index (χ1) is 10.1. The van der Waals surface area contributed by atoms with Gasteiger partial charge < -0.3 is 9.84 Å². The summed E-state index contributed by atoms with van der Waals surface area (Å²) in [6.07, 6.45) is 1.54. The van der Waals surface area contributed by atoms with Crippen molar-refractivity contribution >= 4 is 17.0 Å². The fourth-order valence-electron chi connectivity index (χ4n) is 2.05. The van der Waals surface area contributed by atoms with Crippen molar-refractivity contribution < 1.29 is 14.6 Å². The van der Waals surface area contributed by atoms with Crippen LogP contribution in [0, 0.1) is 6.92 Å². The van der Waals surface area contributed by atoms with E-state index in [1.54, 1.807) is 25.3 Å². The highest BCUT2D eigenvalue weighted by molar-refractivity contribution is 5.89. The summed E-state index contributed by atoms with van der Waals surface area (Å²) in [4.78, 5) is 19.6. The Kier molecular flexibility index (Phi) is 3.23. The number of fused-ring (bicyclic) bond motifs is 1. The lowest BCUT2D eigenvalue weighted by atomic mass is 10.1. The van der Waals surface area contributed by atoms with E-state index in [4.69, 9.17) is 9.84 Å². The SMILES string of the molecule is Cc1cc(Oc2cnc3ccccc3n2)ccc1C(=O)O. The van der Waals surface area contributed by atoms with Crippen LogP contribution in [0.3, 0.4) is 0 Å². The van der Waals surface area contributed by atoms with Gasteiger partial charge in [0.1, 0.15) is 5.75 Å². The van der Waals surface area contributed by atoms with Gasteiger partial charge in [0.05, 0.1) is 22.8 Å². The van der Waals surface area contributed by atoms with Gasteiger partial charge in [-0.1, -0.05) is 12.1 Å². The molecular weight excluding hydrogens is 268 g/mol. The van der Waals surface area contributed by atoms with E-state index in [1.165, 1.54) is 6.07 Å². The number of rotatable bonds is 3. The maximum absolute atomic E-state index is 11.0. The molecule has 5 nitrogen and oxygen atoms in total. The molecule has 0 spiro atoms. The van der Waals surface area contributed by atoms with Gasteiger partial charge in [0.15, 0.2) is 0 Å². The second-order valence-corrected chi connectivity index (χ2v) is 4.58. The van der Waals surface area contributed by atoms with Crippen LogP contribution in [-0.2, 0) is 0 Å². The zero-order valence-electron chi connectivity index (χ0n) is 11.3. The van der Waals surface area contributed by atoms with Gasteiger partial charge in [0.25, 0.3) is 0 Å². The van der Waals surface area contributed by atoms with Gasteiger partial charge >= 0.3 is 5.97 Å². The number of ether oxygens (including phenoxy) is 1. The average molecular weight is 280 g/mol. The minimum atomic E-state index is -0.954. The lowest BCUT2D eigenvalue weighted by molar-refractivity contribution is 0.0696. The summed E-state index contributed by atoms with van der Waals surface area (Å²) in [7, 11) is 0.